The maximum atomic E-state index is 11.2. The lowest BCUT2D eigenvalue weighted by molar-refractivity contribution is -0.987. The molecule has 0 aliphatic carbocycles. The van der Waals surface area contributed by atoms with Crippen LogP contribution in [0.4, 0.5) is 11.5 Å². The molecule has 0 aliphatic rings. The molecule has 22 nitrogen and oxygen atoms in total. The Morgan fingerprint density at radius 3 is 1.75 bits per heavy atom. The Kier molecular flexibility index (Phi) is 3.47. The van der Waals surface area contributed by atoms with Crippen LogP contribution in [0.25, 0.3) is 11.2 Å². The summed E-state index contributed by atoms with van der Waals surface area (Å²) < 4.78 is 0.407. The standard InChI is InChI=1S/C6N12O10/c19-14(20)2-1-3-7-5(6(16(23)24,17(25)26)18(27)28)9-13(3)11-10-12(1)8-4(2)15(21)22. The smallest absolute Gasteiger partial charge is 0.358 e. The first-order chi connectivity index (χ1) is 13.0. The summed E-state index contributed by atoms with van der Waals surface area (Å²) >= 11 is 0. The van der Waals surface area contributed by atoms with Crippen molar-refractivity contribution in [1.82, 2.24) is 34.9 Å². The van der Waals surface area contributed by atoms with E-state index < -0.39 is 58.9 Å². The molecule has 0 aromatic carbocycles. The van der Waals surface area contributed by atoms with E-state index in [4.69, 9.17) is 0 Å². The zero-order valence-electron chi connectivity index (χ0n) is 12.4. The summed E-state index contributed by atoms with van der Waals surface area (Å²) in [5.74, 6) is -7.22. The first kappa shape index (κ1) is 17.8. The van der Waals surface area contributed by atoms with Gasteiger partial charge in [0.05, 0.1) is 10.0 Å². The molecule has 0 saturated carbocycles. The van der Waals surface area contributed by atoms with E-state index in [2.05, 4.69) is 25.6 Å². The van der Waals surface area contributed by atoms with Crippen molar-refractivity contribution in [2.75, 3.05) is 0 Å². The van der Waals surface area contributed by atoms with E-state index in [0.29, 0.717) is 0 Å². The van der Waals surface area contributed by atoms with Crippen molar-refractivity contribution in [1.29, 1.82) is 0 Å². The fraction of sp³-hybridized carbons (Fsp3) is 0.167. The molecule has 0 atom stereocenters. The summed E-state index contributed by atoms with van der Waals surface area (Å²) in [5, 5.41) is 68.1. The molecule has 0 aliphatic heterocycles. The number of nitro groups is 5. The van der Waals surface area contributed by atoms with Crippen LogP contribution < -0.4 is 0 Å². The minimum absolute atomic E-state index is 0.161. The Morgan fingerprint density at radius 1 is 0.750 bits per heavy atom. The van der Waals surface area contributed by atoms with Gasteiger partial charge in [0.15, 0.2) is 14.8 Å². The average Bonchev–Trinajstić information content (AvgIpc) is 3.14. The largest absolute Gasteiger partial charge is 0.765 e. The molecule has 3 rings (SSSR count). The number of hydrogen-bond donors (Lipinski definition) is 0. The first-order valence-electron chi connectivity index (χ1n) is 6.29. The lowest BCUT2D eigenvalue weighted by Gasteiger charge is -2.03. The second-order valence-corrected chi connectivity index (χ2v) is 4.66. The van der Waals surface area contributed by atoms with Crippen molar-refractivity contribution >= 4 is 22.7 Å². The van der Waals surface area contributed by atoms with E-state index in [-0.39, 0.29) is 9.26 Å². The summed E-state index contributed by atoms with van der Waals surface area (Å²) in [6.45, 7) is 0. The molecule has 0 radical (unpaired) electrons. The minimum Gasteiger partial charge on any atom is -0.358 e. The molecule has 144 valence electrons. The third kappa shape index (κ3) is 2.04. The average molecular weight is 400 g/mol. The predicted octanol–water partition coefficient (Wildman–Crippen LogP) is -2.08. The highest BCUT2D eigenvalue weighted by molar-refractivity contribution is 5.84. The normalized spacial score (nSPS) is 11.6. The van der Waals surface area contributed by atoms with E-state index in [1.165, 1.54) is 0 Å². The molecule has 3 heterocycles. The van der Waals surface area contributed by atoms with E-state index in [0.717, 1.165) is 0 Å². The highest BCUT2D eigenvalue weighted by atomic mass is 16.7. The lowest BCUT2D eigenvalue weighted by Crippen LogP contribution is -2.51. The summed E-state index contributed by atoms with van der Waals surface area (Å²) in [6, 6.07) is 0. The molecule has 0 fully saturated rings. The Balaban J connectivity index is 2.48. The van der Waals surface area contributed by atoms with Crippen LogP contribution in [0.2, 0.25) is 0 Å². The topological polar surface area (TPSA) is 289 Å². The summed E-state index contributed by atoms with van der Waals surface area (Å²) in [5.41, 5.74) is -3.08. The Labute approximate surface area is 145 Å². The molecular weight excluding hydrogens is 400 g/mol. The number of hydrogen-bond acceptors (Lipinski definition) is 15. The molecule has 0 saturated heterocycles. The van der Waals surface area contributed by atoms with Crippen molar-refractivity contribution in [3.05, 3.63) is 56.4 Å². The van der Waals surface area contributed by atoms with Gasteiger partial charge in [0.2, 0.25) is 11.2 Å². The van der Waals surface area contributed by atoms with Crippen molar-refractivity contribution in [2.45, 2.75) is 5.79 Å². The van der Waals surface area contributed by atoms with Crippen LogP contribution in [0.15, 0.2) is 0 Å². The van der Waals surface area contributed by atoms with Crippen LogP contribution in [0, 0.1) is 50.6 Å². The zero-order chi connectivity index (χ0) is 21.0. The summed E-state index contributed by atoms with van der Waals surface area (Å²) in [7, 11) is 0. The van der Waals surface area contributed by atoms with Crippen LogP contribution in [0.5, 0.6) is 0 Å². The maximum Gasteiger partial charge on any atom is 0.765 e. The van der Waals surface area contributed by atoms with Gasteiger partial charge in [-0.3, -0.25) is 40.5 Å². The molecule has 0 bridgehead atoms. The third-order valence-electron chi connectivity index (χ3n) is 3.26. The third-order valence-corrected chi connectivity index (χ3v) is 3.26. The molecule has 0 spiro atoms. The highest BCUT2D eigenvalue weighted by Gasteiger charge is 2.76. The Hall–Kier alpha value is -5.05. The van der Waals surface area contributed by atoms with Gasteiger partial charge in [-0.05, 0) is 20.0 Å². The van der Waals surface area contributed by atoms with Crippen molar-refractivity contribution < 1.29 is 24.6 Å². The second-order valence-electron chi connectivity index (χ2n) is 4.66. The number of fused-ring (bicyclic) bond motifs is 3. The zero-order valence-corrected chi connectivity index (χ0v) is 12.4. The fourth-order valence-corrected chi connectivity index (χ4v) is 2.12. The van der Waals surface area contributed by atoms with Gasteiger partial charge >= 0.3 is 23.1 Å². The number of aromatic nitrogens is 7. The minimum atomic E-state index is -4.27. The van der Waals surface area contributed by atoms with Crippen molar-refractivity contribution in [3.63, 3.8) is 0 Å². The summed E-state index contributed by atoms with van der Waals surface area (Å²) in [6.07, 6.45) is 0. The van der Waals surface area contributed by atoms with Gasteiger partial charge in [-0.1, -0.05) is 0 Å². The van der Waals surface area contributed by atoms with Gasteiger partial charge in [-0.2, -0.15) is 4.98 Å². The molecule has 0 unspecified atom stereocenters. The molecule has 28 heavy (non-hydrogen) atoms. The number of nitrogens with zero attached hydrogens (tertiary/aromatic N) is 12. The molecule has 0 amide bonds. The van der Waals surface area contributed by atoms with Gasteiger partial charge in [-0.25, -0.2) is 0 Å². The van der Waals surface area contributed by atoms with Crippen molar-refractivity contribution in [2.24, 2.45) is 0 Å². The van der Waals surface area contributed by atoms with Gasteiger partial charge in [0, 0.05) is 0 Å². The van der Waals surface area contributed by atoms with E-state index >= 15 is 0 Å². The van der Waals surface area contributed by atoms with Crippen molar-refractivity contribution in [3.8, 4) is 0 Å². The van der Waals surface area contributed by atoms with Gasteiger partial charge < -0.3 is 10.1 Å². The lowest BCUT2D eigenvalue weighted by atomic mass is 10.3. The van der Waals surface area contributed by atoms with Crippen LogP contribution >= 0.6 is 0 Å². The molecule has 3 aromatic heterocycles. The molecular formula is C6N12O10. The van der Waals surface area contributed by atoms with Gasteiger partial charge in [-0.15, -0.1) is 9.73 Å². The van der Waals surface area contributed by atoms with Crippen LogP contribution in [0.3, 0.4) is 0 Å². The quantitative estimate of drug-likeness (QED) is 0.243. The molecule has 0 N–H and O–H groups in total. The first-order valence-corrected chi connectivity index (χ1v) is 6.29. The van der Waals surface area contributed by atoms with Crippen LogP contribution in [-0.4, -0.2) is 59.5 Å². The predicted molar refractivity (Wildman–Crippen MR) is 73.3 cm³/mol. The Bertz CT molecular complexity index is 1190. The number of rotatable bonds is 6. The molecule has 3 aromatic rings. The molecule has 22 heteroatoms. The summed E-state index contributed by atoms with van der Waals surface area (Å²) in [4.78, 5) is 50.4. The maximum absolute atomic E-state index is 11.2. The monoisotopic (exact) mass is 400 g/mol. The SMILES string of the molecule is O=[N+]([O-])c1nn2nnn3nc(C([N+](=O)[O-])([N+](=O)[O-])[N+](=O)[O-])nc3c2c1[N+](=O)[O-]. The van der Waals surface area contributed by atoms with Gasteiger partial charge in [0.25, 0.3) is 0 Å². The second kappa shape index (κ2) is 5.47. The highest BCUT2D eigenvalue weighted by Crippen LogP contribution is 2.32. The van der Waals surface area contributed by atoms with Gasteiger partial charge in [0.1, 0.15) is 0 Å². The van der Waals surface area contributed by atoms with E-state index in [1.54, 1.807) is 0 Å². The van der Waals surface area contributed by atoms with Crippen LogP contribution in [0.1, 0.15) is 5.82 Å². The van der Waals surface area contributed by atoms with E-state index in [1.807, 2.05) is 0 Å². The fourth-order valence-electron chi connectivity index (χ4n) is 2.12. The van der Waals surface area contributed by atoms with Crippen LogP contribution in [-0.2, 0) is 5.79 Å². The van der Waals surface area contributed by atoms with E-state index in [9.17, 15) is 50.6 Å². The Morgan fingerprint density at radius 2 is 1.29 bits per heavy atom.